The summed E-state index contributed by atoms with van der Waals surface area (Å²) in [5.41, 5.74) is 1.27. The van der Waals surface area contributed by atoms with E-state index in [0.717, 1.165) is 31.4 Å². The van der Waals surface area contributed by atoms with E-state index in [1.54, 1.807) is 23.1 Å². The third-order valence-electron chi connectivity index (χ3n) is 5.10. The van der Waals surface area contributed by atoms with Crippen LogP contribution in [0.2, 0.25) is 5.02 Å². The maximum Gasteiger partial charge on any atom is 0.319 e. The van der Waals surface area contributed by atoms with Gasteiger partial charge >= 0.3 is 6.03 Å². The van der Waals surface area contributed by atoms with Gasteiger partial charge in [-0.1, -0.05) is 30.9 Å². The van der Waals surface area contributed by atoms with E-state index in [-0.39, 0.29) is 11.9 Å². The van der Waals surface area contributed by atoms with E-state index in [1.165, 1.54) is 19.3 Å². The molecule has 3 amide bonds. The number of carbonyl (C=O) groups is 2. The molecule has 1 aromatic rings. The van der Waals surface area contributed by atoms with Gasteiger partial charge in [0.2, 0.25) is 5.91 Å². The highest BCUT2D eigenvalue weighted by molar-refractivity contribution is 6.33. The summed E-state index contributed by atoms with van der Waals surface area (Å²) in [4.78, 5) is 25.7. The highest BCUT2D eigenvalue weighted by Crippen LogP contribution is 2.29. The van der Waals surface area contributed by atoms with Crippen LogP contribution in [0, 0.1) is 0 Å². The first kappa shape index (κ1) is 20.0. The molecule has 1 saturated carbocycles. The summed E-state index contributed by atoms with van der Waals surface area (Å²) in [5.74, 6) is 0.102. The van der Waals surface area contributed by atoms with Gasteiger partial charge in [0.1, 0.15) is 0 Å². The highest BCUT2D eigenvalue weighted by Gasteiger charge is 2.22. The van der Waals surface area contributed by atoms with Crippen LogP contribution in [-0.4, -0.2) is 37.7 Å². The number of benzene rings is 1. The van der Waals surface area contributed by atoms with Gasteiger partial charge in [-0.3, -0.25) is 4.79 Å². The summed E-state index contributed by atoms with van der Waals surface area (Å²) < 4.78 is 5.85. The van der Waals surface area contributed by atoms with Crippen molar-refractivity contribution in [3.63, 3.8) is 0 Å². The SMILES string of the molecule is O=C(NCCCOC1CCCCC1)Nc1cc(N2CCCC2=O)ccc1Cl. The van der Waals surface area contributed by atoms with Crippen molar-refractivity contribution in [3.05, 3.63) is 23.2 Å². The Hall–Kier alpha value is -1.79. The highest BCUT2D eigenvalue weighted by atomic mass is 35.5. The number of carbonyl (C=O) groups excluding carboxylic acids is 2. The van der Waals surface area contributed by atoms with Crippen molar-refractivity contribution in [3.8, 4) is 0 Å². The zero-order valence-electron chi connectivity index (χ0n) is 15.6. The summed E-state index contributed by atoms with van der Waals surface area (Å²) in [6, 6.07) is 4.95. The maximum atomic E-state index is 12.1. The fourth-order valence-electron chi connectivity index (χ4n) is 3.62. The van der Waals surface area contributed by atoms with Crippen LogP contribution in [0.15, 0.2) is 18.2 Å². The monoisotopic (exact) mass is 393 g/mol. The van der Waals surface area contributed by atoms with Crippen molar-refractivity contribution in [1.29, 1.82) is 0 Å². The minimum atomic E-state index is -0.306. The molecule has 27 heavy (non-hydrogen) atoms. The number of anilines is 2. The fourth-order valence-corrected chi connectivity index (χ4v) is 3.79. The molecule has 0 unspecified atom stereocenters. The summed E-state index contributed by atoms with van der Waals surface area (Å²) in [6.45, 7) is 1.91. The number of amides is 3. The molecule has 1 heterocycles. The minimum absolute atomic E-state index is 0.102. The van der Waals surface area contributed by atoms with Crippen LogP contribution >= 0.6 is 11.6 Å². The molecule has 1 aliphatic carbocycles. The Balaban J connectivity index is 1.41. The number of halogens is 1. The number of nitrogens with zero attached hydrogens (tertiary/aromatic N) is 1. The first-order chi connectivity index (χ1) is 13.1. The molecule has 2 aliphatic rings. The normalized spacial score (nSPS) is 18.0. The number of nitrogens with one attached hydrogen (secondary N) is 2. The van der Waals surface area contributed by atoms with Crippen molar-refractivity contribution in [2.75, 3.05) is 29.9 Å². The molecular formula is C20H28ClN3O3. The average Bonchev–Trinajstić information content (AvgIpc) is 3.10. The summed E-state index contributed by atoms with van der Waals surface area (Å²) in [5, 5.41) is 6.04. The molecule has 6 nitrogen and oxygen atoms in total. The average molecular weight is 394 g/mol. The summed E-state index contributed by atoms with van der Waals surface area (Å²) in [7, 11) is 0. The molecule has 7 heteroatoms. The van der Waals surface area contributed by atoms with Gasteiger partial charge in [-0.25, -0.2) is 4.79 Å². The second-order valence-electron chi connectivity index (χ2n) is 7.18. The van der Waals surface area contributed by atoms with E-state index in [1.807, 2.05) is 0 Å². The molecule has 3 rings (SSSR count). The van der Waals surface area contributed by atoms with Crippen LogP contribution in [0.3, 0.4) is 0 Å². The van der Waals surface area contributed by atoms with Gasteiger partial charge in [0.15, 0.2) is 0 Å². The summed E-state index contributed by atoms with van der Waals surface area (Å²) in [6.07, 6.45) is 8.73. The number of urea groups is 1. The third-order valence-corrected chi connectivity index (χ3v) is 5.43. The zero-order chi connectivity index (χ0) is 19.1. The lowest BCUT2D eigenvalue weighted by Gasteiger charge is -2.22. The zero-order valence-corrected chi connectivity index (χ0v) is 16.4. The number of hydrogen-bond acceptors (Lipinski definition) is 3. The predicted molar refractivity (Wildman–Crippen MR) is 108 cm³/mol. The Bertz CT molecular complexity index is 662. The van der Waals surface area contributed by atoms with Gasteiger partial charge < -0.3 is 20.3 Å². The van der Waals surface area contributed by atoms with Gasteiger partial charge in [0, 0.05) is 31.8 Å². The van der Waals surface area contributed by atoms with Crippen LogP contribution in [0.5, 0.6) is 0 Å². The van der Waals surface area contributed by atoms with E-state index >= 15 is 0 Å². The quantitative estimate of drug-likeness (QED) is 0.677. The molecule has 0 radical (unpaired) electrons. The van der Waals surface area contributed by atoms with Crippen molar-refractivity contribution < 1.29 is 14.3 Å². The smallest absolute Gasteiger partial charge is 0.319 e. The third kappa shape index (κ3) is 5.84. The summed E-state index contributed by atoms with van der Waals surface area (Å²) >= 11 is 6.19. The van der Waals surface area contributed by atoms with Crippen LogP contribution in [-0.2, 0) is 9.53 Å². The molecule has 1 aromatic carbocycles. The van der Waals surface area contributed by atoms with Crippen molar-refractivity contribution in [2.45, 2.75) is 57.5 Å². The van der Waals surface area contributed by atoms with Gasteiger partial charge in [-0.2, -0.15) is 0 Å². The van der Waals surface area contributed by atoms with E-state index in [4.69, 9.17) is 16.3 Å². The number of rotatable bonds is 7. The van der Waals surface area contributed by atoms with Crippen molar-refractivity contribution in [2.24, 2.45) is 0 Å². The van der Waals surface area contributed by atoms with Gasteiger partial charge in [-0.15, -0.1) is 0 Å². The Morgan fingerprint density at radius 1 is 1.22 bits per heavy atom. The Morgan fingerprint density at radius 3 is 2.78 bits per heavy atom. The Kier molecular flexibility index (Phi) is 7.35. The van der Waals surface area contributed by atoms with E-state index in [2.05, 4.69) is 10.6 Å². The molecule has 1 saturated heterocycles. The van der Waals surface area contributed by atoms with Crippen LogP contribution in [0.1, 0.15) is 51.4 Å². The van der Waals surface area contributed by atoms with Crippen LogP contribution in [0.4, 0.5) is 16.2 Å². The Morgan fingerprint density at radius 2 is 2.04 bits per heavy atom. The molecule has 2 fully saturated rings. The van der Waals surface area contributed by atoms with E-state index in [9.17, 15) is 9.59 Å². The minimum Gasteiger partial charge on any atom is -0.378 e. The van der Waals surface area contributed by atoms with E-state index < -0.39 is 0 Å². The number of hydrogen-bond donors (Lipinski definition) is 2. The van der Waals surface area contributed by atoms with Crippen LogP contribution < -0.4 is 15.5 Å². The van der Waals surface area contributed by atoms with Gasteiger partial charge in [0.05, 0.1) is 16.8 Å². The molecule has 0 atom stereocenters. The maximum absolute atomic E-state index is 12.1. The van der Waals surface area contributed by atoms with Gasteiger partial charge in [-0.05, 0) is 43.9 Å². The topological polar surface area (TPSA) is 70.7 Å². The molecular weight excluding hydrogens is 366 g/mol. The molecule has 2 N–H and O–H groups in total. The molecule has 0 aromatic heterocycles. The van der Waals surface area contributed by atoms with E-state index in [0.29, 0.717) is 42.9 Å². The standard InChI is InChI=1S/C20H28ClN3O3/c21-17-10-9-15(24-12-4-8-19(24)25)14-18(17)23-20(26)22-11-5-13-27-16-6-2-1-3-7-16/h9-10,14,16H,1-8,11-13H2,(H2,22,23,26). The molecule has 0 bridgehead atoms. The first-order valence-corrected chi connectivity index (χ1v) is 10.3. The second-order valence-corrected chi connectivity index (χ2v) is 7.59. The lowest BCUT2D eigenvalue weighted by molar-refractivity contribution is -0.117. The lowest BCUT2D eigenvalue weighted by Crippen LogP contribution is -2.31. The van der Waals surface area contributed by atoms with Crippen molar-refractivity contribution in [1.82, 2.24) is 5.32 Å². The largest absolute Gasteiger partial charge is 0.378 e. The number of ether oxygens (including phenoxy) is 1. The Labute approximate surface area is 165 Å². The molecule has 1 aliphatic heterocycles. The molecule has 148 valence electrons. The predicted octanol–water partition coefficient (Wildman–Crippen LogP) is 4.33. The molecule has 0 spiro atoms. The first-order valence-electron chi connectivity index (χ1n) is 9.90. The lowest BCUT2D eigenvalue weighted by atomic mass is 9.98. The van der Waals surface area contributed by atoms with Crippen molar-refractivity contribution >= 4 is 34.9 Å². The second kappa shape index (κ2) is 9.95. The van der Waals surface area contributed by atoms with Crippen LogP contribution in [0.25, 0.3) is 0 Å². The van der Waals surface area contributed by atoms with Gasteiger partial charge in [0.25, 0.3) is 0 Å². The fraction of sp³-hybridized carbons (Fsp3) is 0.600.